The van der Waals surface area contributed by atoms with Gasteiger partial charge in [0.1, 0.15) is 11.5 Å². The van der Waals surface area contributed by atoms with E-state index in [0.717, 1.165) is 28.2 Å². The van der Waals surface area contributed by atoms with E-state index in [1.165, 1.54) is 12.1 Å². The van der Waals surface area contributed by atoms with Gasteiger partial charge in [-0.2, -0.15) is 0 Å². The van der Waals surface area contributed by atoms with Crippen molar-refractivity contribution in [3.8, 4) is 11.3 Å². The zero-order valence-corrected chi connectivity index (χ0v) is 16.3. The lowest BCUT2D eigenvalue weighted by Crippen LogP contribution is -2.35. The first-order chi connectivity index (χ1) is 13.3. The summed E-state index contributed by atoms with van der Waals surface area (Å²) in [5, 5.41) is 12.3. The highest BCUT2D eigenvalue weighted by atomic mass is 19.1. The number of imidazole rings is 1. The molecule has 0 saturated heterocycles. The summed E-state index contributed by atoms with van der Waals surface area (Å²) in [6.07, 6.45) is 5.48. The second kappa shape index (κ2) is 7.96. The van der Waals surface area contributed by atoms with E-state index in [2.05, 4.69) is 32.7 Å². The molecule has 3 N–H and O–H groups in total. The summed E-state index contributed by atoms with van der Waals surface area (Å²) < 4.78 is 15.4. The van der Waals surface area contributed by atoms with Crippen LogP contribution < -0.4 is 10.8 Å². The third-order valence-electron chi connectivity index (χ3n) is 4.27. The van der Waals surface area contributed by atoms with E-state index in [0.29, 0.717) is 12.2 Å². The first-order valence-electron chi connectivity index (χ1n) is 9.06. The Hall–Kier alpha value is -2.96. The molecule has 1 aromatic carbocycles. The lowest BCUT2D eigenvalue weighted by atomic mass is 10.1. The SMILES string of the molecule is C=C(/C=C/c1ccn2c(CNC(C)(C)C)c(-c3ccc(F)cc3)nc2c1)NO. The van der Waals surface area contributed by atoms with Crippen LogP contribution in [-0.4, -0.2) is 20.1 Å². The number of hydrogen-bond acceptors (Lipinski definition) is 4. The summed E-state index contributed by atoms with van der Waals surface area (Å²) in [6, 6.07) is 10.3. The third-order valence-corrected chi connectivity index (χ3v) is 4.27. The number of aromatic nitrogens is 2. The predicted octanol–water partition coefficient (Wildman–Crippen LogP) is 4.53. The van der Waals surface area contributed by atoms with Crippen molar-refractivity contribution >= 4 is 11.7 Å². The Bertz CT molecular complexity index is 1010. The van der Waals surface area contributed by atoms with E-state index in [1.54, 1.807) is 18.2 Å². The summed E-state index contributed by atoms with van der Waals surface area (Å²) in [5.74, 6) is -0.271. The molecule has 0 aliphatic carbocycles. The number of fused-ring (bicyclic) bond motifs is 1. The molecule has 0 atom stereocenters. The molecule has 0 aliphatic heterocycles. The van der Waals surface area contributed by atoms with E-state index in [9.17, 15) is 4.39 Å². The molecule has 3 aromatic rings. The Morgan fingerprint density at radius 2 is 1.96 bits per heavy atom. The van der Waals surface area contributed by atoms with Gasteiger partial charge in [-0.05, 0) is 68.8 Å². The zero-order chi connectivity index (χ0) is 20.3. The summed E-state index contributed by atoms with van der Waals surface area (Å²) in [4.78, 5) is 4.80. The number of nitrogens with zero attached hydrogens (tertiary/aromatic N) is 2. The average molecular weight is 380 g/mol. The van der Waals surface area contributed by atoms with E-state index < -0.39 is 0 Å². The quantitative estimate of drug-likeness (QED) is 0.434. The minimum Gasteiger partial charge on any atom is -0.306 e. The summed E-state index contributed by atoms with van der Waals surface area (Å²) in [6.45, 7) is 10.6. The third kappa shape index (κ3) is 4.65. The van der Waals surface area contributed by atoms with Gasteiger partial charge in [-0.25, -0.2) is 9.37 Å². The van der Waals surface area contributed by atoms with E-state index in [1.807, 2.05) is 34.3 Å². The largest absolute Gasteiger partial charge is 0.306 e. The molecule has 28 heavy (non-hydrogen) atoms. The van der Waals surface area contributed by atoms with Crippen molar-refractivity contribution in [1.29, 1.82) is 0 Å². The molecule has 0 bridgehead atoms. The van der Waals surface area contributed by atoms with Gasteiger partial charge in [0.25, 0.3) is 0 Å². The maximum atomic E-state index is 13.4. The van der Waals surface area contributed by atoms with Gasteiger partial charge >= 0.3 is 0 Å². The Morgan fingerprint density at radius 3 is 2.61 bits per heavy atom. The molecule has 0 spiro atoms. The Kier molecular flexibility index (Phi) is 5.63. The van der Waals surface area contributed by atoms with Crippen LogP contribution in [0.15, 0.2) is 60.9 Å². The topological polar surface area (TPSA) is 61.6 Å². The summed E-state index contributed by atoms with van der Waals surface area (Å²) in [5.41, 5.74) is 6.75. The second-order valence-corrected chi connectivity index (χ2v) is 7.68. The van der Waals surface area contributed by atoms with Crippen molar-refractivity contribution in [2.75, 3.05) is 0 Å². The number of allylic oxidation sites excluding steroid dienone is 1. The molecule has 5 nitrogen and oxygen atoms in total. The Morgan fingerprint density at radius 1 is 1.25 bits per heavy atom. The first-order valence-corrected chi connectivity index (χ1v) is 9.06. The van der Waals surface area contributed by atoms with Crippen LogP contribution in [0.25, 0.3) is 23.0 Å². The molecule has 3 rings (SSSR count). The highest BCUT2D eigenvalue weighted by Crippen LogP contribution is 2.26. The number of pyridine rings is 1. The Labute approximate surface area is 164 Å². The number of hydrogen-bond donors (Lipinski definition) is 3. The van der Waals surface area contributed by atoms with Crippen LogP contribution in [-0.2, 0) is 6.54 Å². The van der Waals surface area contributed by atoms with Crippen LogP contribution in [0.2, 0.25) is 0 Å². The van der Waals surface area contributed by atoms with Gasteiger partial charge in [-0.15, -0.1) is 0 Å². The molecule has 2 aromatic heterocycles. The molecule has 6 heteroatoms. The average Bonchev–Trinajstić information content (AvgIpc) is 3.02. The fraction of sp³-hybridized carbons (Fsp3) is 0.227. The lowest BCUT2D eigenvalue weighted by molar-refractivity contribution is 0.205. The maximum Gasteiger partial charge on any atom is 0.138 e. The molecule has 0 radical (unpaired) electrons. The fourth-order valence-corrected chi connectivity index (χ4v) is 2.81. The van der Waals surface area contributed by atoms with Gasteiger partial charge in [-0.3, -0.25) is 10.7 Å². The van der Waals surface area contributed by atoms with Gasteiger partial charge in [0.2, 0.25) is 0 Å². The minimum atomic E-state index is -0.271. The van der Waals surface area contributed by atoms with E-state index in [4.69, 9.17) is 10.2 Å². The molecule has 0 unspecified atom stereocenters. The van der Waals surface area contributed by atoms with Crippen LogP contribution >= 0.6 is 0 Å². The standard InChI is InChI=1S/C22H25FN4O/c1-15(26-28)5-6-16-11-12-27-19(14-24-22(2,3)4)21(25-20(27)13-16)17-7-9-18(23)10-8-17/h5-13,24,26,28H,1,14H2,2-4H3/b6-5+. The van der Waals surface area contributed by atoms with Crippen LogP contribution in [0, 0.1) is 5.82 Å². The number of halogens is 1. The molecule has 0 aliphatic rings. The highest BCUT2D eigenvalue weighted by Gasteiger charge is 2.17. The second-order valence-electron chi connectivity index (χ2n) is 7.68. The van der Waals surface area contributed by atoms with Crippen LogP contribution in [0.5, 0.6) is 0 Å². The normalized spacial score (nSPS) is 12.0. The van der Waals surface area contributed by atoms with E-state index >= 15 is 0 Å². The van der Waals surface area contributed by atoms with Gasteiger partial charge in [0.15, 0.2) is 0 Å². The van der Waals surface area contributed by atoms with Crippen molar-refractivity contribution in [1.82, 2.24) is 20.2 Å². The van der Waals surface area contributed by atoms with Gasteiger partial charge in [0, 0.05) is 23.8 Å². The first kappa shape index (κ1) is 19.8. The smallest absolute Gasteiger partial charge is 0.138 e. The number of hydroxylamine groups is 1. The molecule has 0 fully saturated rings. The molecular weight excluding hydrogens is 355 g/mol. The molecule has 2 heterocycles. The Balaban J connectivity index is 2.07. The predicted molar refractivity (Wildman–Crippen MR) is 110 cm³/mol. The molecule has 0 saturated carbocycles. The number of nitrogens with one attached hydrogen (secondary N) is 2. The van der Waals surface area contributed by atoms with Gasteiger partial charge in [-0.1, -0.05) is 12.7 Å². The number of benzene rings is 1. The van der Waals surface area contributed by atoms with Crippen molar-refractivity contribution in [2.24, 2.45) is 0 Å². The maximum absolute atomic E-state index is 13.4. The summed E-state index contributed by atoms with van der Waals surface area (Å²) in [7, 11) is 0. The lowest BCUT2D eigenvalue weighted by Gasteiger charge is -2.20. The van der Waals surface area contributed by atoms with Crippen molar-refractivity contribution in [3.63, 3.8) is 0 Å². The fourth-order valence-electron chi connectivity index (χ4n) is 2.81. The van der Waals surface area contributed by atoms with E-state index in [-0.39, 0.29) is 11.4 Å². The van der Waals surface area contributed by atoms with Crippen LogP contribution in [0.1, 0.15) is 32.0 Å². The van der Waals surface area contributed by atoms with Gasteiger partial charge < -0.3 is 9.72 Å². The van der Waals surface area contributed by atoms with Crippen molar-refractivity contribution < 1.29 is 9.60 Å². The molecular formula is C22H25FN4O. The van der Waals surface area contributed by atoms with Crippen LogP contribution in [0.4, 0.5) is 4.39 Å². The van der Waals surface area contributed by atoms with Crippen LogP contribution in [0.3, 0.4) is 0 Å². The molecule has 0 amide bonds. The zero-order valence-electron chi connectivity index (χ0n) is 16.3. The monoisotopic (exact) mass is 380 g/mol. The minimum absolute atomic E-state index is 0.0510. The van der Waals surface area contributed by atoms with Crippen molar-refractivity contribution in [3.05, 3.63) is 78.0 Å². The molecule has 146 valence electrons. The number of rotatable bonds is 6. The van der Waals surface area contributed by atoms with Gasteiger partial charge in [0.05, 0.1) is 17.1 Å². The van der Waals surface area contributed by atoms with Crippen molar-refractivity contribution in [2.45, 2.75) is 32.9 Å². The summed E-state index contributed by atoms with van der Waals surface area (Å²) >= 11 is 0. The highest BCUT2D eigenvalue weighted by molar-refractivity contribution is 5.68.